The van der Waals surface area contributed by atoms with Gasteiger partial charge in [-0.15, -0.1) is 0 Å². The molecule has 0 aliphatic carbocycles. The van der Waals surface area contributed by atoms with Crippen molar-refractivity contribution in [2.75, 3.05) is 0 Å². The first-order valence-electron chi connectivity index (χ1n) is 16.5. The van der Waals surface area contributed by atoms with Gasteiger partial charge in [0.15, 0.2) is 0 Å². The van der Waals surface area contributed by atoms with E-state index in [0.29, 0.717) is 0 Å². The van der Waals surface area contributed by atoms with Gasteiger partial charge in [0.1, 0.15) is 0 Å². The summed E-state index contributed by atoms with van der Waals surface area (Å²) in [6.45, 7) is 0. The molecule has 2 heterocycles. The van der Waals surface area contributed by atoms with E-state index in [9.17, 15) is 0 Å². The molecule has 0 bridgehead atoms. The van der Waals surface area contributed by atoms with Gasteiger partial charge >= 0.3 is 0 Å². The van der Waals surface area contributed by atoms with Crippen molar-refractivity contribution < 1.29 is 0 Å². The maximum Gasteiger partial charge on any atom is 0.0635 e. The average molecular weight is 611 g/mol. The number of benzene rings is 8. The summed E-state index contributed by atoms with van der Waals surface area (Å²) in [4.78, 5) is 0. The molecule has 2 nitrogen and oxygen atoms in total. The second kappa shape index (κ2) is 10.6. The molecule has 0 aliphatic rings. The zero-order valence-corrected chi connectivity index (χ0v) is 26.2. The Kier molecular flexibility index (Phi) is 5.91. The van der Waals surface area contributed by atoms with Crippen LogP contribution in [0.15, 0.2) is 182 Å². The predicted octanol–water partition coefficient (Wildman–Crippen LogP) is 12.4. The first kappa shape index (κ1) is 26.8. The molecular formula is C46H30N2. The van der Waals surface area contributed by atoms with Crippen LogP contribution in [0.3, 0.4) is 0 Å². The molecule has 0 aliphatic heterocycles. The molecule has 10 rings (SSSR count). The molecule has 0 saturated carbocycles. The third-order valence-corrected chi connectivity index (χ3v) is 9.90. The summed E-state index contributed by atoms with van der Waals surface area (Å²) in [6.07, 6.45) is 2.21. The van der Waals surface area contributed by atoms with Crippen LogP contribution in [0, 0.1) is 0 Å². The van der Waals surface area contributed by atoms with Gasteiger partial charge in [-0.1, -0.05) is 115 Å². The SMILES string of the molecule is c1ccc(-c2ccc(-n3ccc4c3ccc3c5ccccc5n(-c5cccc(-c6ccc7cc8ccccc8cc7c6)c5)c34)cc2)cc1. The standard InChI is InChI=1S/C46H30N2/c1-2-9-31(10-3-1)32-19-21-39(22-20-32)47-26-25-43-44(47)24-23-42-41-15-6-7-16-45(41)48(46(42)43)40-14-8-13-35(30-40)36-17-18-37-27-33-11-4-5-12-34(33)28-38(37)29-36/h1-30H. The number of aromatic nitrogens is 2. The third-order valence-electron chi connectivity index (χ3n) is 9.90. The zero-order chi connectivity index (χ0) is 31.6. The van der Waals surface area contributed by atoms with Gasteiger partial charge in [0, 0.05) is 33.7 Å². The van der Waals surface area contributed by atoms with Gasteiger partial charge in [0.05, 0.1) is 16.6 Å². The summed E-state index contributed by atoms with van der Waals surface area (Å²) in [5, 5.41) is 8.82. The predicted molar refractivity (Wildman–Crippen MR) is 203 cm³/mol. The molecule has 0 fully saturated rings. The minimum absolute atomic E-state index is 1.15. The van der Waals surface area contributed by atoms with Crippen LogP contribution in [-0.2, 0) is 0 Å². The van der Waals surface area contributed by atoms with E-state index in [1.807, 2.05) is 0 Å². The van der Waals surface area contributed by atoms with Gasteiger partial charge in [0.2, 0.25) is 0 Å². The molecule has 2 aromatic heterocycles. The van der Waals surface area contributed by atoms with Gasteiger partial charge in [-0.3, -0.25) is 0 Å². The summed E-state index contributed by atoms with van der Waals surface area (Å²) in [7, 11) is 0. The van der Waals surface area contributed by atoms with Crippen LogP contribution in [-0.4, -0.2) is 9.13 Å². The van der Waals surface area contributed by atoms with Crippen molar-refractivity contribution in [2.45, 2.75) is 0 Å². The molecule has 48 heavy (non-hydrogen) atoms. The van der Waals surface area contributed by atoms with Crippen molar-refractivity contribution >= 4 is 54.3 Å². The van der Waals surface area contributed by atoms with Crippen LogP contribution < -0.4 is 0 Å². The van der Waals surface area contributed by atoms with Gasteiger partial charge in [0.25, 0.3) is 0 Å². The molecule has 0 atom stereocenters. The van der Waals surface area contributed by atoms with Crippen LogP contribution >= 0.6 is 0 Å². The largest absolute Gasteiger partial charge is 0.316 e. The highest BCUT2D eigenvalue weighted by atomic mass is 15.0. The Morgan fingerprint density at radius 2 is 0.979 bits per heavy atom. The second-order valence-corrected chi connectivity index (χ2v) is 12.7. The van der Waals surface area contributed by atoms with Crippen molar-refractivity contribution in [1.29, 1.82) is 0 Å². The summed E-state index contributed by atoms with van der Waals surface area (Å²) in [5.74, 6) is 0. The van der Waals surface area contributed by atoms with Gasteiger partial charge in [-0.25, -0.2) is 0 Å². The van der Waals surface area contributed by atoms with E-state index >= 15 is 0 Å². The van der Waals surface area contributed by atoms with Crippen molar-refractivity contribution in [2.24, 2.45) is 0 Å². The molecule has 0 radical (unpaired) electrons. The lowest BCUT2D eigenvalue weighted by Gasteiger charge is -2.12. The smallest absolute Gasteiger partial charge is 0.0635 e. The Morgan fingerprint density at radius 1 is 0.312 bits per heavy atom. The first-order chi connectivity index (χ1) is 23.8. The monoisotopic (exact) mass is 610 g/mol. The van der Waals surface area contributed by atoms with E-state index in [4.69, 9.17) is 0 Å². The zero-order valence-electron chi connectivity index (χ0n) is 26.2. The number of hydrogen-bond acceptors (Lipinski definition) is 0. The van der Waals surface area contributed by atoms with Crippen LogP contribution in [0.1, 0.15) is 0 Å². The lowest BCUT2D eigenvalue weighted by Crippen LogP contribution is -1.95. The minimum Gasteiger partial charge on any atom is -0.316 e. The Morgan fingerprint density at radius 3 is 1.83 bits per heavy atom. The van der Waals surface area contributed by atoms with Crippen LogP contribution in [0.5, 0.6) is 0 Å². The summed E-state index contributed by atoms with van der Waals surface area (Å²) >= 11 is 0. The quantitative estimate of drug-likeness (QED) is 0.175. The van der Waals surface area contributed by atoms with Crippen molar-refractivity contribution in [1.82, 2.24) is 9.13 Å². The molecule has 0 unspecified atom stereocenters. The van der Waals surface area contributed by atoms with Crippen molar-refractivity contribution in [3.8, 4) is 33.6 Å². The van der Waals surface area contributed by atoms with E-state index in [1.165, 1.54) is 76.5 Å². The van der Waals surface area contributed by atoms with E-state index in [1.54, 1.807) is 0 Å². The second-order valence-electron chi connectivity index (χ2n) is 12.7. The minimum atomic E-state index is 1.15. The Balaban J connectivity index is 1.13. The van der Waals surface area contributed by atoms with Crippen LogP contribution in [0.25, 0.3) is 87.9 Å². The normalized spacial score (nSPS) is 11.8. The molecule has 0 N–H and O–H groups in total. The third kappa shape index (κ3) is 4.20. The van der Waals surface area contributed by atoms with Crippen LogP contribution in [0.2, 0.25) is 0 Å². The van der Waals surface area contributed by atoms with E-state index in [2.05, 4.69) is 191 Å². The Labute approximate surface area is 278 Å². The molecule has 224 valence electrons. The van der Waals surface area contributed by atoms with Crippen molar-refractivity contribution in [3.05, 3.63) is 182 Å². The molecule has 8 aromatic carbocycles. The van der Waals surface area contributed by atoms with Crippen LogP contribution in [0.4, 0.5) is 0 Å². The van der Waals surface area contributed by atoms with E-state index in [-0.39, 0.29) is 0 Å². The van der Waals surface area contributed by atoms with Crippen molar-refractivity contribution in [3.63, 3.8) is 0 Å². The molecule has 10 aromatic rings. The fourth-order valence-electron chi connectivity index (χ4n) is 7.56. The summed E-state index contributed by atoms with van der Waals surface area (Å²) in [6, 6.07) is 64.1. The lowest BCUT2D eigenvalue weighted by atomic mass is 9.98. The molecule has 0 spiro atoms. The molecule has 2 heteroatoms. The fourth-order valence-corrected chi connectivity index (χ4v) is 7.56. The molecule has 0 saturated heterocycles. The summed E-state index contributed by atoms with van der Waals surface area (Å²) in [5.41, 5.74) is 10.8. The number of para-hydroxylation sites is 1. The fraction of sp³-hybridized carbons (Fsp3) is 0. The van der Waals surface area contributed by atoms with Gasteiger partial charge in [-0.2, -0.15) is 0 Å². The molecule has 0 amide bonds. The number of nitrogens with zero attached hydrogens (tertiary/aromatic N) is 2. The Bertz CT molecular complexity index is 2820. The summed E-state index contributed by atoms with van der Waals surface area (Å²) < 4.78 is 4.76. The Hall–Kier alpha value is -6.38. The van der Waals surface area contributed by atoms with E-state index in [0.717, 1.165) is 11.4 Å². The van der Waals surface area contributed by atoms with E-state index < -0.39 is 0 Å². The highest BCUT2D eigenvalue weighted by Gasteiger charge is 2.17. The lowest BCUT2D eigenvalue weighted by molar-refractivity contribution is 1.13. The maximum atomic E-state index is 2.45. The molecular weight excluding hydrogens is 581 g/mol. The topological polar surface area (TPSA) is 9.86 Å². The first-order valence-corrected chi connectivity index (χ1v) is 16.5. The highest BCUT2D eigenvalue weighted by Crippen LogP contribution is 2.39. The average Bonchev–Trinajstić information content (AvgIpc) is 3.74. The maximum absolute atomic E-state index is 2.45. The highest BCUT2D eigenvalue weighted by molar-refractivity contribution is 6.18. The van der Waals surface area contributed by atoms with Gasteiger partial charge in [-0.05, 0) is 104 Å². The number of hydrogen-bond donors (Lipinski definition) is 0. The number of rotatable bonds is 4. The number of fused-ring (bicyclic) bond motifs is 7. The van der Waals surface area contributed by atoms with Gasteiger partial charge < -0.3 is 9.13 Å².